The molecule has 4 rings (SSSR count). The Morgan fingerprint density at radius 3 is 2.27 bits per heavy atom. The number of aliphatic hydroxyl groups excluding tert-OH is 4. The molecular formula is C29H29FN2O8. The van der Waals surface area contributed by atoms with Crippen LogP contribution in [-0.4, -0.2) is 80.3 Å². The number of nitrogens with two attached hydrogens (primary N) is 1. The number of nitrogens with zero attached hydrogens (tertiary/aromatic N) is 1. The Kier molecular flexibility index (Phi) is 7.92. The van der Waals surface area contributed by atoms with Gasteiger partial charge in [0.1, 0.15) is 35.6 Å². The van der Waals surface area contributed by atoms with Crippen LogP contribution in [0.3, 0.4) is 0 Å². The third-order valence-corrected chi connectivity index (χ3v) is 7.20. The molecule has 2 aromatic carbocycles. The van der Waals surface area contributed by atoms with E-state index in [4.69, 9.17) is 5.73 Å². The van der Waals surface area contributed by atoms with Crippen LogP contribution in [0.5, 0.6) is 5.75 Å². The fourth-order valence-electron chi connectivity index (χ4n) is 5.32. The van der Waals surface area contributed by atoms with E-state index < -0.39 is 83.2 Å². The molecule has 0 radical (unpaired) electrons. The Morgan fingerprint density at radius 1 is 1.05 bits per heavy atom. The first kappa shape index (κ1) is 28.7. The second kappa shape index (κ2) is 11.0. The molecule has 0 heterocycles. The molecule has 11 heteroatoms. The quantitative estimate of drug-likeness (QED) is 0.309. The summed E-state index contributed by atoms with van der Waals surface area (Å²) >= 11 is 0. The van der Waals surface area contributed by atoms with E-state index in [0.29, 0.717) is 11.1 Å². The maximum absolute atomic E-state index is 13.8. The minimum atomic E-state index is -1.92. The summed E-state index contributed by atoms with van der Waals surface area (Å²) < 4.78 is 13.1. The van der Waals surface area contributed by atoms with Gasteiger partial charge in [-0.05, 0) is 42.4 Å². The normalized spacial score (nSPS) is 28.4. The zero-order valence-electron chi connectivity index (χ0n) is 21.7. The van der Waals surface area contributed by atoms with Gasteiger partial charge >= 0.3 is 0 Å². The lowest BCUT2D eigenvalue weighted by molar-refractivity contribution is -0.121. The highest BCUT2D eigenvalue weighted by molar-refractivity contribution is 6.22. The molecule has 40 heavy (non-hydrogen) atoms. The van der Waals surface area contributed by atoms with Crippen LogP contribution in [0.1, 0.15) is 33.5 Å². The standard InChI is InChI=1S/C29H29FN2O8/c1-32(2)24-26(37)23(29(31)40)19(35)11-18(34)22-21(27(38)28(24)39)16(10-13-6-8-14(12-30)9-7-13)15-4-3-5-17(33)20(15)25(22)36/h3-10,21,24,27-28,33-34,37-39H,11-12H2,1-2H3,(H2,31,40)/b16-10+,22-18-,26-23-/t21-,24-,27+,28-/m1/s1. The maximum atomic E-state index is 13.8. The van der Waals surface area contributed by atoms with E-state index in [2.05, 4.69) is 0 Å². The zero-order chi connectivity index (χ0) is 29.5. The van der Waals surface area contributed by atoms with E-state index in [1.807, 2.05) is 0 Å². The highest BCUT2D eigenvalue weighted by Gasteiger charge is 2.48. The maximum Gasteiger partial charge on any atom is 0.255 e. The molecule has 0 aromatic heterocycles. The lowest BCUT2D eigenvalue weighted by atomic mass is 9.69. The van der Waals surface area contributed by atoms with Crippen LogP contribution in [0.15, 0.2) is 65.1 Å². The Morgan fingerprint density at radius 2 is 1.70 bits per heavy atom. The first-order valence-electron chi connectivity index (χ1n) is 12.3. The molecule has 0 aliphatic heterocycles. The van der Waals surface area contributed by atoms with Crippen LogP contribution in [-0.2, 0) is 16.3 Å². The number of amides is 1. The average Bonchev–Trinajstić information content (AvgIpc) is 2.88. The van der Waals surface area contributed by atoms with Crippen molar-refractivity contribution in [2.45, 2.75) is 31.3 Å². The molecule has 2 aliphatic carbocycles. The second-order valence-corrected chi connectivity index (χ2v) is 9.96. The zero-order valence-corrected chi connectivity index (χ0v) is 21.7. The molecule has 210 valence electrons. The minimum Gasteiger partial charge on any atom is -0.511 e. The van der Waals surface area contributed by atoms with Crippen molar-refractivity contribution < 1.29 is 44.3 Å². The van der Waals surface area contributed by atoms with Crippen LogP contribution in [0, 0.1) is 5.92 Å². The van der Waals surface area contributed by atoms with Crippen molar-refractivity contribution in [1.29, 1.82) is 0 Å². The molecule has 4 atom stereocenters. The third-order valence-electron chi connectivity index (χ3n) is 7.20. The van der Waals surface area contributed by atoms with E-state index >= 15 is 0 Å². The van der Waals surface area contributed by atoms with Crippen molar-refractivity contribution in [3.05, 3.63) is 87.4 Å². The predicted molar refractivity (Wildman–Crippen MR) is 143 cm³/mol. The molecule has 2 aliphatic rings. The highest BCUT2D eigenvalue weighted by Crippen LogP contribution is 2.47. The molecule has 0 saturated heterocycles. The molecule has 2 aromatic rings. The number of carbonyl (C=O) groups is 3. The van der Waals surface area contributed by atoms with Gasteiger partial charge in [-0.15, -0.1) is 0 Å². The Labute approximate surface area is 228 Å². The van der Waals surface area contributed by atoms with Gasteiger partial charge in [-0.25, -0.2) is 4.39 Å². The van der Waals surface area contributed by atoms with E-state index in [1.54, 1.807) is 18.2 Å². The molecule has 1 amide bonds. The first-order chi connectivity index (χ1) is 18.9. The van der Waals surface area contributed by atoms with Gasteiger partial charge in [-0.3, -0.25) is 19.3 Å². The van der Waals surface area contributed by atoms with Crippen molar-refractivity contribution in [1.82, 2.24) is 4.90 Å². The summed E-state index contributed by atoms with van der Waals surface area (Å²) in [5, 5.41) is 55.7. The summed E-state index contributed by atoms with van der Waals surface area (Å²) in [7, 11) is 2.84. The number of hydrogen-bond donors (Lipinski definition) is 6. The monoisotopic (exact) mass is 552 g/mol. The number of phenolic OH excluding ortho intramolecular Hbond substituents is 1. The van der Waals surface area contributed by atoms with Gasteiger partial charge < -0.3 is 31.3 Å². The molecule has 0 bridgehead atoms. The van der Waals surface area contributed by atoms with Gasteiger partial charge in [0.05, 0.1) is 24.1 Å². The van der Waals surface area contributed by atoms with Crippen molar-refractivity contribution in [2.75, 3.05) is 14.1 Å². The largest absolute Gasteiger partial charge is 0.511 e. The van der Waals surface area contributed by atoms with Gasteiger partial charge in [-0.2, -0.15) is 0 Å². The van der Waals surface area contributed by atoms with Gasteiger partial charge in [0.15, 0.2) is 11.6 Å². The third kappa shape index (κ3) is 4.90. The number of benzene rings is 2. The number of aliphatic hydroxyl groups is 4. The number of likely N-dealkylation sites (N-methyl/N-ethyl adjacent to an activating group) is 1. The van der Waals surface area contributed by atoms with Crippen molar-refractivity contribution >= 4 is 29.1 Å². The van der Waals surface area contributed by atoms with Crippen LogP contribution in [0.4, 0.5) is 4.39 Å². The molecule has 0 unspecified atom stereocenters. The number of carbonyl (C=O) groups excluding carboxylic acids is 3. The number of hydrogen-bond acceptors (Lipinski definition) is 9. The van der Waals surface area contributed by atoms with Crippen molar-refractivity contribution in [2.24, 2.45) is 11.7 Å². The Bertz CT molecular complexity index is 1480. The summed E-state index contributed by atoms with van der Waals surface area (Å²) in [6.45, 7) is -0.694. The number of halogens is 1. The fraction of sp³-hybridized carbons (Fsp3) is 0.276. The second-order valence-electron chi connectivity index (χ2n) is 9.96. The number of Topliss-reactive ketones (excluding diaryl/α,β-unsaturated/α-hetero) is 2. The summed E-state index contributed by atoms with van der Waals surface area (Å²) in [4.78, 5) is 40.3. The molecule has 10 nitrogen and oxygen atoms in total. The van der Waals surface area contributed by atoms with Crippen LogP contribution < -0.4 is 5.73 Å². The highest BCUT2D eigenvalue weighted by atomic mass is 19.1. The molecule has 7 N–H and O–H groups in total. The van der Waals surface area contributed by atoms with E-state index in [-0.39, 0.29) is 16.7 Å². The number of ketones is 2. The number of phenols is 1. The predicted octanol–water partition coefficient (Wildman–Crippen LogP) is 1.95. The van der Waals surface area contributed by atoms with Crippen LogP contribution in [0.2, 0.25) is 0 Å². The first-order valence-corrected chi connectivity index (χ1v) is 12.3. The molecular weight excluding hydrogens is 523 g/mol. The smallest absolute Gasteiger partial charge is 0.255 e. The van der Waals surface area contributed by atoms with Crippen LogP contribution in [0.25, 0.3) is 11.6 Å². The summed E-state index contributed by atoms with van der Waals surface area (Å²) in [5.41, 5.74) is 5.05. The lowest BCUT2D eigenvalue weighted by Gasteiger charge is -2.39. The topological polar surface area (TPSA) is 182 Å². The van der Waals surface area contributed by atoms with E-state index in [0.717, 1.165) is 0 Å². The number of aromatic hydroxyl groups is 1. The number of fused-ring (bicyclic) bond motifs is 2. The van der Waals surface area contributed by atoms with Crippen LogP contribution >= 0.6 is 0 Å². The van der Waals surface area contributed by atoms with Crippen molar-refractivity contribution in [3.63, 3.8) is 0 Å². The van der Waals surface area contributed by atoms with Gasteiger partial charge in [0.25, 0.3) is 5.91 Å². The van der Waals surface area contributed by atoms with Gasteiger partial charge in [0.2, 0.25) is 0 Å². The Balaban J connectivity index is 2.06. The summed E-state index contributed by atoms with van der Waals surface area (Å²) in [5.74, 6) is -6.99. The number of alkyl halides is 1. The lowest BCUT2D eigenvalue weighted by Crippen LogP contribution is -2.52. The number of rotatable bonds is 4. The van der Waals surface area contributed by atoms with E-state index in [1.165, 1.54) is 49.3 Å². The summed E-state index contributed by atoms with van der Waals surface area (Å²) in [6.07, 6.45) is -3.22. The van der Waals surface area contributed by atoms with Gasteiger partial charge in [-0.1, -0.05) is 42.5 Å². The molecule has 0 saturated carbocycles. The minimum absolute atomic E-state index is 0.190. The van der Waals surface area contributed by atoms with Crippen molar-refractivity contribution in [3.8, 4) is 5.75 Å². The average molecular weight is 553 g/mol. The van der Waals surface area contributed by atoms with E-state index in [9.17, 15) is 44.3 Å². The number of primary amides is 1. The molecule has 0 fully saturated rings. The van der Waals surface area contributed by atoms with Gasteiger partial charge in [0, 0.05) is 11.5 Å². The Hall–Kier alpha value is -4.32. The fourth-order valence-corrected chi connectivity index (χ4v) is 5.32. The SMILES string of the molecule is CN(C)[C@@H]1/C(O)=C(/C(N)=O)C(=O)C/C(O)=C2/C(=O)c3c(O)cccc3/C(=C\c3ccc(CF)cc3)[C@H]2[C@H](O)[C@@H]1O. The molecule has 0 spiro atoms. The summed E-state index contributed by atoms with van der Waals surface area (Å²) in [6, 6.07) is 8.97. The number of allylic oxidation sites excluding steroid dienone is 1.